The molecule has 0 saturated carbocycles. The van der Waals surface area contributed by atoms with Crippen molar-refractivity contribution in [2.24, 2.45) is 5.73 Å². The Morgan fingerprint density at radius 2 is 2.00 bits per heavy atom. The van der Waals surface area contributed by atoms with E-state index in [1.165, 1.54) is 32.1 Å². The van der Waals surface area contributed by atoms with Gasteiger partial charge in [0.1, 0.15) is 18.0 Å². The molecule has 2 N–H and O–H groups in total. The number of carbonyl (C=O) groups excluding carboxylic acids is 1. The molecule has 0 fully saturated rings. The lowest BCUT2D eigenvalue weighted by molar-refractivity contribution is -0.137. The number of halogens is 3. The highest BCUT2D eigenvalue weighted by molar-refractivity contribution is 7.17. The van der Waals surface area contributed by atoms with Crippen LogP contribution in [-0.2, 0) is 10.9 Å². The Morgan fingerprint density at radius 3 is 2.47 bits per heavy atom. The Hall–Kier alpha value is -2.46. The highest BCUT2D eigenvalue weighted by atomic mass is 32.1. The number of nitrogens with zero attached hydrogens (tertiary/aromatic N) is 2. The molecule has 0 spiro atoms. The molecular weight excluding hydrogens is 419 g/mol. The molecule has 0 aliphatic carbocycles. The molecule has 6 nitrogen and oxygen atoms in total. The maximum Gasteiger partial charge on any atom is 0.420 e. The number of hydrogen-bond acceptors (Lipinski definition) is 6. The number of rotatable bonds is 7. The topological polar surface area (TPSA) is 87.3 Å². The van der Waals surface area contributed by atoms with Crippen molar-refractivity contribution in [3.05, 3.63) is 40.9 Å². The lowest BCUT2D eigenvalue weighted by Gasteiger charge is -2.10. The lowest BCUT2D eigenvalue weighted by Crippen LogP contribution is -2.12. The van der Waals surface area contributed by atoms with Crippen LogP contribution in [0, 0.1) is 6.92 Å². The van der Waals surface area contributed by atoms with Crippen LogP contribution in [0.3, 0.4) is 0 Å². The Bertz CT molecular complexity index is 880. The third-order valence-corrected chi connectivity index (χ3v) is 5.04. The summed E-state index contributed by atoms with van der Waals surface area (Å²) in [6, 6.07) is 1.24. The van der Waals surface area contributed by atoms with E-state index in [2.05, 4.69) is 36.8 Å². The number of hydrogen-bond donors (Lipinski definition) is 1. The summed E-state index contributed by atoms with van der Waals surface area (Å²) in [6.07, 6.45) is -0.583. The Morgan fingerprint density at radius 1 is 1.33 bits per heavy atom. The number of ether oxygens (including phenoxy) is 2. The molecule has 2 aromatic rings. The van der Waals surface area contributed by atoms with Gasteiger partial charge in [0.2, 0.25) is 0 Å². The van der Waals surface area contributed by atoms with E-state index in [9.17, 15) is 18.0 Å². The summed E-state index contributed by atoms with van der Waals surface area (Å²) < 4.78 is 49.7. The standard InChI is InChI=1S/C14H14F3N3O3S.C6H12/c1-7-19-6-9(14(15,16)17)11(20-7)10-5-8(12(18)21)13(24-10)23-4-3-22-2;1-4-6(3)5-2/h5-6H,3-4H2,1-2H3,(H2,18,21);4H,5H2,1-3H3/b;6-4+. The van der Waals surface area contributed by atoms with Crippen LogP contribution >= 0.6 is 11.3 Å². The first kappa shape index (κ1) is 25.6. The molecule has 10 heteroatoms. The van der Waals surface area contributed by atoms with Gasteiger partial charge in [-0.1, -0.05) is 29.9 Å². The van der Waals surface area contributed by atoms with E-state index >= 15 is 0 Å². The summed E-state index contributed by atoms with van der Waals surface area (Å²) in [5, 5.41) is 0.124. The van der Waals surface area contributed by atoms with Gasteiger partial charge in [0.05, 0.1) is 22.7 Å². The summed E-state index contributed by atoms with van der Waals surface area (Å²) in [7, 11) is 1.47. The predicted molar refractivity (Wildman–Crippen MR) is 111 cm³/mol. The van der Waals surface area contributed by atoms with Crippen molar-refractivity contribution in [1.82, 2.24) is 9.97 Å². The van der Waals surface area contributed by atoms with Gasteiger partial charge < -0.3 is 15.2 Å². The first-order valence-electron chi connectivity index (χ1n) is 9.13. The summed E-state index contributed by atoms with van der Waals surface area (Å²) in [5.74, 6) is -0.627. The van der Waals surface area contributed by atoms with Crippen molar-refractivity contribution in [2.75, 3.05) is 20.3 Å². The third-order valence-electron chi connectivity index (χ3n) is 3.98. The predicted octanol–water partition coefficient (Wildman–Crippen LogP) is 5.02. The molecule has 2 rings (SSSR count). The zero-order valence-electron chi connectivity index (χ0n) is 17.6. The molecule has 2 heterocycles. The van der Waals surface area contributed by atoms with Gasteiger partial charge in [0, 0.05) is 13.3 Å². The van der Waals surface area contributed by atoms with Gasteiger partial charge >= 0.3 is 6.18 Å². The number of carbonyl (C=O) groups is 1. The molecule has 0 aromatic carbocycles. The van der Waals surface area contributed by atoms with Crippen molar-refractivity contribution >= 4 is 17.2 Å². The monoisotopic (exact) mass is 445 g/mol. The highest BCUT2D eigenvalue weighted by Gasteiger charge is 2.36. The van der Waals surface area contributed by atoms with Crippen molar-refractivity contribution in [3.8, 4) is 15.6 Å². The Kier molecular flexibility index (Phi) is 9.94. The van der Waals surface area contributed by atoms with Crippen LogP contribution in [0.4, 0.5) is 13.2 Å². The van der Waals surface area contributed by atoms with Gasteiger partial charge in [0.25, 0.3) is 5.91 Å². The highest BCUT2D eigenvalue weighted by Crippen LogP contribution is 2.41. The first-order valence-corrected chi connectivity index (χ1v) is 9.95. The first-order chi connectivity index (χ1) is 14.0. The molecule has 0 bridgehead atoms. The van der Waals surface area contributed by atoms with Crippen molar-refractivity contribution < 1.29 is 27.4 Å². The van der Waals surface area contributed by atoms with Gasteiger partial charge in [-0.05, 0) is 33.3 Å². The average molecular weight is 446 g/mol. The number of allylic oxidation sites excluding steroid dienone is 2. The van der Waals surface area contributed by atoms with Gasteiger partial charge in [-0.3, -0.25) is 4.79 Å². The largest absolute Gasteiger partial charge is 0.481 e. The number of aromatic nitrogens is 2. The smallest absolute Gasteiger partial charge is 0.420 e. The summed E-state index contributed by atoms with van der Waals surface area (Å²) in [5.41, 5.74) is 5.42. The van der Waals surface area contributed by atoms with Crippen LogP contribution in [0.1, 0.15) is 48.9 Å². The fourth-order valence-corrected chi connectivity index (χ4v) is 3.10. The molecule has 0 aliphatic heterocycles. The number of amides is 1. The third kappa shape index (κ3) is 7.42. The van der Waals surface area contributed by atoms with Crippen LogP contribution in [0.5, 0.6) is 5.06 Å². The fourth-order valence-electron chi connectivity index (χ4n) is 2.06. The zero-order chi connectivity index (χ0) is 22.9. The van der Waals surface area contributed by atoms with Gasteiger partial charge in [-0.2, -0.15) is 13.2 Å². The minimum Gasteiger partial charge on any atom is -0.481 e. The maximum absolute atomic E-state index is 13.2. The molecule has 30 heavy (non-hydrogen) atoms. The minimum atomic E-state index is -4.63. The van der Waals surface area contributed by atoms with E-state index in [0.29, 0.717) is 6.20 Å². The van der Waals surface area contributed by atoms with Gasteiger partial charge in [-0.15, -0.1) is 0 Å². The van der Waals surface area contributed by atoms with Gasteiger partial charge in [0.15, 0.2) is 5.06 Å². The fraction of sp³-hybridized carbons (Fsp3) is 0.450. The van der Waals surface area contributed by atoms with Crippen LogP contribution in [0.15, 0.2) is 23.9 Å². The van der Waals surface area contributed by atoms with Crippen molar-refractivity contribution in [2.45, 2.75) is 40.3 Å². The van der Waals surface area contributed by atoms with Crippen molar-refractivity contribution in [3.63, 3.8) is 0 Å². The molecule has 0 radical (unpaired) electrons. The molecule has 0 saturated heterocycles. The number of primary amides is 1. The van der Waals surface area contributed by atoms with E-state index in [0.717, 1.165) is 11.3 Å². The second-order valence-electron chi connectivity index (χ2n) is 6.18. The maximum atomic E-state index is 13.2. The second-order valence-corrected chi connectivity index (χ2v) is 7.20. The molecule has 166 valence electrons. The van der Waals surface area contributed by atoms with Crippen LogP contribution < -0.4 is 10.5 Å². The number of aryl methyl sites for hydroxylation is 1. The van der Waals surface area contributed by atoms with Crippen LogP contribution in [0.2, 0.25) is 0 Å². The summed E-state index contributed by atoms with van der Waals surface area (Å²) >= 11 is 0.861. The zero-order valence-corrected chi connectivity index (χ0v) is 18.4. The number of alkyl halides is 3. The van der Waals surface area contributed by atoms with E-state index in [1.54, 1.807) is 0 Å². The molecular formula is C20H26F3N3O3S. The summed E-state index contributed by atoms with van der Waals surface area (Å²) in [6.45, 7) is 8.23. The number of methoxy groups -OCH3 is 1. The normalized spacial score (nSPS) is 11.7. The number of thiophene rings is 1. The summed E-state index contributed by atoms with van der Waals surface area (Å²) in [4.78, 5) is 19.1. The Balaban J connectivity index is 0.000000656. The van der Waals surface area contributed by atoms with E-state index < -0.39 is 17.6 Å². The SMILES string of the molecule is C/C=C(\C)CC.COCCOc1sc(-c2nc(C)ncc2C(F)(F)F)cc1C(N)=O. The van der Waals surface area contributed by atoms with Crippen LogP contribution in [-0.4, -0.2) is 36.2 Å². The lowest BCUT2D eigenvalue weighted by atomic mass is 10.1. The minimum absolute atomic E-state index is 0.00417. The van der Waals surface area contributed by atoms with Crippen LogP contribution in [0.25, 0.3) is 10.6 Å². The molecule has 0 atom stereocenters. The molecule has 0 unspecified atom stereocenters. The molecule has 1 amide bonds. The molecule has 2 aromatic heterocycles. The van der Waals surface area contributed by atoms with E-state index in [1.807, 2.05) is 0 Å². The van der Waals surface area contributed by atoms with E-state index in [-0.39, 0.29) is 40.2 Å². The number of nitrogens with two attached hydrogens (primary N) is 1. The van der Waals surface area contributed by atoms with Crippen molar-refractivity contribution in [1.29, 1.82) is 0 Å². The van der Waals surface area contributed by atoms with Gasteiger partial charge in [-0.25, -0.2) is 9.97 Å². The second kappa shape index (κ2) is 11.7. The average Bonchev–Trinajstić information content (AvgIpc) is 3.11. The molecule has 0 aliphatic rings. The Labute approximate surface area is 177 Å². The van der Waals surface area contributed by atoms with E-state index in [4.69, 9.17) is 15.2 Å². The quantitative estimate of drug-likeness (QED) is 0.478.